The summed E-state index contributed by atoms with van der Waals surface area (Å²) in [7, 11) is -1.84. The van der Waals surface area contributed by atoms with Crippen molar-refractivity contribution in [2.45, 2.75) is 25.2 Å². The van der Waals surface area contributed by atoms with Crippen LogP contribution in [0.4, 0.5) is 0 Å². The molecule has 0 aliphatic rings. The molecule has 4 N–H and O–H groups in total. The number of hydrogen-bond donors (Lipinski definition) is 3. The molecule has 112 valence electrons. The highest BCUT2D eigenvalue weighted by atomic mass is 32.2. The molecule has 1 amide bonds. The summed E-state index contributed by atoms with van der Waals surface area (Å²) in [6, 6.07) is 0. The predicted octanol–water partition coefficient (Wildman–Crippen LogP) is 0.250. The first-order valence-electron chi connectivity index (χ1n) is 6.07. The summed E-state index contributed by atoms with van der Waals surface area (Å²) in [5.74, 6) is -0.875. The summed E-state index contributed by atoms with van der Waals surface area (Å²) < 4.78 is 25.1. The maximum Gasteiger partial charge on any atom is 0.274 e. The summed E-state index contributed by atoms with van der Waals surface area (Å²) in [5, 5.41) is 9.29. The molecular formula is C12H20N4O3S. The molecule has 0 spiro atoms. The van der Waals surface area contributed by atoms with Gasteiger partial charge in [-0.25, -0.2) is 8.42 Å². The number of nitrogens with one attached hydrogen (secondary N) is 2. The van der Waals surface area contributed by atoms with Crippen LogP contribution in [-0.4, -0.2) is 31.1 Å². The zero-order chi connectivity index (χ0) is 15.7. The Kier molecular flexibility index (Phi) is 4.59. The topological polar surface area (TPSA) is 118 Å². The molecule has 0 aliphatic heterocycles. The Morgan fingerprint density at radius 1 is 1.50 bits per heavy atom. The molecule has 1 rings (SSSR count). The van der Waals surface area contributed by atoms with Gasteiger partial charge in [-0.15, -0.1) is 0 Å². The van der Waals surface area contributed by atoms with E-state index in [2.05, 4.69) is 5.32 Å². The van der Waals surface area contributed by atoms with E-state index < -0.39 is 21.7 Å². The third kappa shape index (κ3) is 3.60. The molecule has 0 atom stereocenters. The number of aromatic nitrogens is 1. The second-order valence-corrected chi connectivity index (χ2v) is 7.15. The number of aryl methyl sites for hydroxylation is 1. The molecule has 0 aromatic carbocycles. The standard InChI is InChI=1S/C12H20N4O3S/c1-7(2)5-8-9(20(4,18)19)6-16(3)10(8)11(17)15-12(13)14/h6-7H,5H2,1-4H3,(H4,13,14,15,17). The smallest absolute Gasteiger partial charge is 0.274 e. The Morgan fingerprint density at radius 3 is 2.45 bits per heavy atom. The van der Waals surface area contributed by atoms with Gasteiger partial charge in [0.15, 0.2) is 15.8 Å². The van der Waals surface area contributed by atoms with Gasteiger partial charge in [-0.1, -0.05) is 13.8 Å². The molecule has 0 radical (unpaired) electrons. The third-order valence-corrected chi connectivity index (χ3v) is 3.87. The lowest BCUT2D eigenvalue weighted by atomic mass is 10.0. The van der Waals surface area contributed by atoms with Crippen molar-refractivity contribution in [3.8, 4) is 0 Å². The molecule has 0 fully saturated rings. The van der Waals surface area contributed by atoms with E-state index in [0.29, 0.717) is 12.0 Å². The molecule has 0 bridgehead atoms. The number of amides is 1. The fourth-order valence-corrected chi connectivity index (χ4v) is 3.03. The minimum Gasteiger partial charge on any atom is -0.370 e. The third-order valence-electron chi connectivity index (χ3n) is 2.72. The minimum absolute atomic E-state index is 0.141. The van der Waals surface area contributed by atoms with Gasteiger partial charge in [0.2, 0.25) is 0 Å². The van der Waals surface area contributed by atoms with Gasteiger partial charge < -0.3 is 10.3 Å². The van der Waals surface area contributed by atoms with Crippen molar-refractivity contribution in [1.82, 2.24) is 9.88 Å². The lowest BCUT2D eigenvalue weighted by Gasteiger charge is -2.10. The number of carbonyl (C=O) groups is 1. The van der Waals surface area contributed by atoms with Crippen LogP contribution in [0.5, 0.6) is 0 Å². The van der Waals surface area contributed by atoms with Crippen molar-refractivity contribution < 1.29 is 13.2 Å². The monoisotopic (exact) mass is 300 g/mol. The Balaban J connectivity index is 3.46. The summed E-state index contributed by atoms with van der Waals surface area (Å²) in [4.78, 5) is 12.2. The Morgan fingerprint density at radius 2 is 2.05 bits per heavy atom. The zero-order valence-electron chi connectivity index (χ0n) is 12.0. The molecule has 1 aromatic rings. The van der Waals surface area contributed by atoms with Crippen LogP contribution in [0.1, 0.15) is 29.9 Å². The zero-order valence-corrected chi connectivity index (χ0v) is 12.8. The van der Waals surface area contributed by atoms with Crippen LogP contribution in [0, 0.1) is 11.3 Å². The molecule has 0 saturated heterocycles. The van der Waals surface area contributed by atoms with E-state index in [4.69, 9.17) is 11.1 Å². The first-order chi connectivity index (χ1) is 9.04. The normalized spacial score (nSPS) is 11.7. The van der Waals surface area contributed by atoms with Crippen LogP contribution < -0.4 is 11.1 Å². The number of sulfone groups is 1. The number of guanidine groups is 1. The van der Waals surface area contributed by atoms with Crippen LogP contribution >= 0.6 is 0 Å². The average Bonchev–Trinajstić information content (AvgIpc) is 2.52. The van der Waals surface area contributed by atoms with Crippen LogP contribution in [0.15, 0.2) is 11.1 Å². The van der Waals surface area contributed by atoms with Gasteiger partial charge in [-0.05, 0) is 12.3 Å². The van der Waals surface area contributed by atoms with E-state index in [-0.39, 0.29) is 16.5 Å². The molecule has 20 heavy (non-hydrogen) atoms. The first-order valence-corrected chi connectivity index (χ1v) is 7.96. The van der Waals surface area contributed by atoms with E-state index >= 15 is 0 Å². The Labute approximate surface area is 118 Å². The van der Waals surface area contributed by atoms with Crippen LogP contribution in [0.25, 0.3) is 0 Å². The van der Waals surface area contributed by atoms with Gasteiger partial charge in [0.05, 0.1) is 4.90 Å². The van der Waals surface area contributed by atoms with Crippen molar-refractivity contribution in [2.75, 3.05) is 6.26 Å². The van der Waals surface area contributed by atoms with Crippen LogP contribution in [0.2, 0.25) is 0 Å². The maximum atomic E-state index is 12.1. The van der Waals surface area contributed by atoms with Crippen molar-refractivity contribution in [1.29, 1.82) is 5.41 Å². The molecule has 1 heterocycles. The molecule has 1 aromatic heterocycles. The lowest BCUT2D eigenvalue weighted by molar-refractivity contribution is 0.0967. The van der Waals surface area contributed by atoms with E-state index in [1.54, 1.807) is 7.05 Å². The number of nitrogens with zero attached hydrogens (tertiary/aromatic N) is 1. The van der Waals surface area contributed by atoms with Crippen molar-refractivity contribution >= 4 is 21.7 Å². The Bertz CT molecular complexity index is 644. The van der Waals surface area contributed by atoms with E-state index in [1.165, 1.54) is 10.8 Å². The van der Waals surface area contributed by atoms with E-state index in [1.807, 2.05) is 13.8 Å². The lowest BCUT2D eigenvalue weighted by Crippen LogP contribution is -2.37. The number of carbonyl (C=O) groups excluding carboxylic acids is 1. The van der Waals surface area contributed by atoms with Gasteiger partial charge in [0.1, 0.15) is 5.69 Å². The average molecular weight is 300 g/mol. The van der Waals surface area contributed by atoms with Crippen LogP contribution in [-0.2, 0) is 23.3 Å². The summed E-state index contributed by atoms with van der Waals surface area (Å²) in [5.41, 5.74) is 5.83. The fraction of sp³-hybridized carbons (Fsp3) is 0.500. The van der Waals surface area contributed by atoms with E-state index in [9.17, 15) is 13.2 Å². The number of nitrogens with two attached hydrogens (primary N) is 1. The van der Waals surface area contributed by atoms with Gasteiger partial charge in [0.25, 0.3) is 5.91 Å². The number of rotatable bonds is 4. The molecule has 0 aliphatic carbocycles. The van der Waals surface area contributed by atoms with Crippen molar-refractivity contribution in [3.05, 3.63) is 17.5 Å². The minimum atomic E-state index is -3.43. The highest BCUT2D eigenvalue weighted by Gasteiger charge is 2.25. The summed E-state index contributed by atoms with van der Waals surface area (Å²) in [6.45, 7) is 3.87. The van der Waals surface area contributed by atoms with Gasteiger partial charge in [-0.3, -0.25) is 15.5 Å². The van der Waals surface area contributed by atoms with Gasteiger partial charge in [-0.2, -0.15) is 0 Å². The summed E-state index contributed by atoms with van der Waals surface area (Å²) in [6.07, 6.45) is 2.98. The molecule has 7 nitrogen and oxygen atoms in total. The quantitative estimate of drug-likeness (QED) is 0.545. The highest BCUT2D eigenvalue weighted by Crippen LogP contribution is 2.24. The predicted molar refractivity (Wildman–Crippen MR) is 76.4 cm³/mol. The first kappa shape index (κ1) is 16.2. The highest BCUT2D eigenvalue weighted by molar-refractivity contribution is 7.90. The maximum absolute atomic E-state index is 12.1. The molecule has 8 heteroatoms. The Hall–Kier alpha value is -1.83. The van der Waals surface area contributed by atoms with E-state index in [0.717, 1.165) is 6.26 Å². The van der Waals surface area contributed by atoms with Crippen LogP contribution in [0.3, 0.4) is 0 Å². The molecular weight excluding hydrogens is 280 g/mol. The second kappa shape index (κ2) is 5.66. The fourth-order valence-electron chi connectivity index (χ4n) is 2.05. The second-order valence-electron chi connectivity index (χ2n) is 5.17. The number of hydrogen-bond acceptors (Lipinski definition) is 4. The van der Waals surface area contributed by atoms with Crippen molar-refractivity contribution in [3.63, 3.8) is 0 Å². The molecule has 0 unspecified atom stereocenters. The largest absolute Gasteiger partial charge is 0.370 e. The van der Waals surface area contributed by atoms with Gasteiger partial charge in [0, 0.05) is 25.1 Å². The SMILES string of the molecule is CC(C)Cc1c(S(C)(=O)=O)cn(C)c1C(=O)NC(=N)N. The molecule has 0 saturated carbocycles. The van der Waals surface area contributed by atoms with Crippen molar-refractivity contribution in [2.24, 2.45) is 18.7 Å². The van der Waals surface area contributed by atoms with Gasteiger partial charge >= 0.3 is 0 Å². The summed E-state index contributed by atoms with van der Waals surface area (Å²) >= 11 is 0.